The van der Waals surface area contributed by atoms with E-state index in [-0.39, 0.29) is 17.5 Å². The third kappa shape index (κ3) is 6.69. The van der Waals surface area contributed by atoms with Gasteiger partial charge in [-0.25, -0.2) is 4.39 Å². The van der Waals surface area contributed by atoms with Crippen molar-refractivity contribution in [3.63, 3.8) is 0 Å². The van der Waals surface area contributed by atoms with Crippen molar-refractivity contribution < 1.29 is 23.5 Å². The smallest absolute Gasteiger partial charge is 0.303 e. The number of carbonyl (C=O) groups is 2. The highest BCUT2D eigenvalue weighted by Crippen LogP contribution is 2.60. The van der Waals surface area contributed by atoms with Crippen LogP contribution in [-0.2, 0) is 19.1 Å². The Balaban J connectivity index is 1.70. The van der Waals surface area contributed by atoms with Crippen LogP contribution in [0.2, 0.25) is 0 Å². The van der Waals surface area contributed by atoms with Gasteiger partial charge in [-0.15, -0.1) is 0 Å². The SMILES string of the molecule is C=C1/C(=C\C=C2/CCC[C@]3(C)[C@@H]([C@H](C)CCC(OC(C)=O)C(C)(C)F)CC[C@@H]23)CCC[C@@H]1OC(C)=O. The van der Waals surface area contributed by atoms with Crippen molar-refractivity contribution in [2.24, 2.45) is 23.2 Å². The summed E-state index contributed by atoms with van der Waals surface area (Å²) in [6.45, 7) is 14.8. The van der Waals surface area contributed by atoms with Crippen LogP contribution in [0.3, 0.4) is 0 Å². The van der Waals surface area contributed by atoms with Gasteiger partial charge in [-0.3, -0.25) is 9.59 Å². The molecule has 0 aromatic heterocycles. The highest BCUT2D eigenvalue weighted by atomic mass is 19.1. The van der Waals surface area contributed by atoms with Crippen LogP contribution in [0, 0.1) is 23.2 Å². The van der Waals surface area contributed by atoms with Gasteiger partial charge in [0.05, 0.1) is 0 Å². The molecule has 4 nitrogen and oxygen atoms in total. The molecular formula is C31H47FO4. The van der Waals surface area contributed by atoms with E-state index in [0.717, 1.165) is 37.7 Å². The molecule has 3 fully saturated rings. The molecule has 0 spiro atoms. The van der Waals surface area contributed by atoms with Crippen molar-refractivity contribution in [2.75, 3.05) is 0 Å². The zero-order valence-electron chi connectivity index (χ0n) is 23.3. The van der Waals surface area contributed by atoms with Gasteiger partial charge in [0.1, 0.15) is 17.9 Å². The van der Waals surface area contributed by atoms with Crippen LogP contribution in [0.25, 0.3) is 0 Å². The summed E-state index contributed by atoms with van der Waals surface area (Å²) in [6, 6.07) is 0. The summed E-state index contributed by atoms with van der Waals surface area (Å²) in [5, 5.41) is 0. The number of carbonyl (C=O) groups excluding carboxylic acids is 2. The topological polar surface area (TPSA) is 52.6 Å². The minimum atomic E-state index is -1.54. The largest absolute Gasteiger partial charge is 0.459 e. The zero-order chi connectivity index (χ0) is 26.7. The maximum atomic E-state index is 14.7. The second-order valence-corrected chi connectivity index (χ2v) is 12.3. The fourth-order valence-corrected chi connectivity index (χ4v) is 7.32. The van der Waals surface area contributed by atoms with Crippen LogP contribution >= 0.6 is 0 Å². The molecule has 3 aliphatic rings. The first kappa shape index (κ1) is 28.7. The minimum Gasteiger partial charge on any atom is -0.459 e. The number of rotatable bonds is 8. The highest BCUT2D eigenvalue weighted by Gasteiger charge is 2.50. The fraction of sp³-hybridized carbons (Fsp3) is 0.742. The summed E-state index contributed by atoms with van der Waals surface area (Å²) < 4.78 is 25.5. The third-order valence-electron chi connectivity index (χ3n) is 9.20. The number of ether oxygens (including phenoxy) is 2. The van der Waals surface area contributed by atoms with Crippen LogP contribution < -0.4 is 0 Å². The monoisotopic (exact) mass is 502 g/mol. The predicted octanol–water partition coefficient (Wildman–Crippen LogP) is 7.82. The average Bonchev–Trinajstić information content (AvgIpc) is 3.13. The van der Waals surface area contributed by atoms with Gasteiger partial charge in [-0.1, -0.05) is 38.2 Å². The number of alkyl halides is 1. The van der Waals surface area contributed by atoms with Gasteiger partial charge in [-0.2, -0.15) is 0 Å². The summed E-state index contributed by atoms with van der Waals surface area (Å²) in [4.78, 5) is 23.0. The maximum Gasteiger partial charge on any atom is 0.303 e. The Morgan fingerprint density at radius 2 is 1.83 bits per heavy atom. The van der Waals surface area contributed by atoms with Gasteiger partial charge < -0.3 is 9.47 Å². The molecule has 1 unspecified atom stereocenters. The molecule has 0 N–H and O–H groups in total. The quantitative estimate of drug-likeness (QED) is 0.317. The van der Waals surface area contributed by atoms with Gasteiger partial charge in [0.15, 0.2) is 0 Å². The van der Waals surface area contributed by atoms with E-state index in [2.05, 4.69) is 32.6 Å². The first-order chi connectivity index (χ1) is 16.8. The lowest BCUT2D eigenvalue weighted by Crippen LogP contribution is -2.38. The van der Waals surface area contributed by atoms with E-state index in [1.54, 1.807) is 0 Å². The van der Waals surface area contributed by atoms with E-state index in [4.69, 9.17) is 9.47 Å². The van der Waals surface area contributed by atoms with Crippen LogP contribution in [0.4, 0.5) is 4.39 Å². The summed E-state index contributed by atoms with van der Waals surface area (Å²) >= 11 is 0. The zero-order valence-corrected chi connectivity index (χ0v) is 23.3. The highest BCUT2D eigenvalue weighted by molar-refractivity contribution is 5.67. The lowest BCUT2D eigenvalue weighted by molar-refractivity contribution is -0.154. The Morgan fingerprint density at radius 3 is 2.47 bits per heavy atom. The Hall–Kier alpha value is -1.91. The first-order valence-electron chi connectivity index (χ1n) is 13.9. The molecule has 5 heteroatoms. The molecule has 0 saturated heterocycles. The molecule has 6 atom stereocenters. The van der Waals surface area contributed by atoms with Crippen molar-refractivity contribution in [2.45, 2.75) is 124 Å². The van der Waals surface area contributed by atoms with Crippen molar-refractivity contribution >= 4 is 11.9 Å². The molecule has 0 heterocycles. The molecular weight excluding hydrogens is 455 g/mol. The molecule has 202 valence electrons. The molecule has 0 amide bonds. The lowest BCUT2D eigenvalue weighted by Gasteiger charge is -2.44. The molecule has 36 heavy (non-hydrogen) atoms. The molecule has 3 saturated carbocycles. The molecule has 0 aliphatic heterocycles. The summed E-state index contributed by atoms with van der Waals surface area (Å²) in [5.41, 5.74) is 2.40. The Kier molecular flexibility index (Phi) is 9.27. The molecule has 0 aromatic carbocycles. The first-order valence-corrected chi connectivity index (χ1v) is 13.9. The van der Waals surface area contributed by atoms with E-state index in [9.17, 15) is 14.0 Å². The number of hydrogen-bond donors (Lipinski definition) is 0. The van der Waals surface area contributed by atoms with Crippen molar-refractivity contribution in [1.29, 1.82) is 0 Å². The number of hydrogen-bond acceptors (Lipinski definition) is 4. The standard InChI is InChI=1S/C31H47FO4/c1-20(13-18-29(30(5,6)32)36-23(4)34)26-16-17-27-25(11-9-19-31(26,27)7)15-14-24-10-8-12-28(21(24)2)35-22(3)33/h14-15,20,26-29H,2,8-13,16-19H2,1,3-7H3/b24-14-,25-15+/t20-,26-,27+,28+,29?,31-/m1/s1. The molecule has 0 bridgehead atoms. The lowest BCUT2D eigenvalue weighted by atomic mass is 9.60. The van der Waals surface area contributed by atoms with E-state index in [0.29, 0.717) is 24.2 Å². The summed E-state index contributed by atoms with van der Waals surface area (Å²) in [6.07, 6.45) is 13.9. The van der Waals surface area contributed by atoms with Crippen LogP contribution in [0.5, 0.6) is 0 Å². The molecule has 3 rings (SSSR count). The summed E-state index contributed by atoms with van der Waals surface area (Å²) in [7, 11) is 0. The van der Waals surface area contributed by atoms with Crippen LogP contribution in [-0.4, -0.2) is 29.8 Å². The second-order valence-electron chi connectivity index (χ2n) is 12.3. The predicted molar refractivity (Wildman–Crippen MR) is 142 cm³/mol. The van der Waals surface area contributed by atoms with Gasteiger partial charge >= 0.3 is 11.9 Å². The molecule has 3 aliphatic carbocycles. The third-order valence-corrected chi connectivity index (χ3v) is 9.20. The summed E-state index contributed by atoms with van der Waals surface area (Å²) in [5.74, 6) is 0.934. The van der Waals surface area contributed by atoms with E-state index in [1.807, 2.05) is 0 Å². The number of esters is 2. The molecule has 0 aromatic rings. The van der Waals surface area contributed by atoms with E-state index in [1.165, 1.54) is 64.5 Å². The van der Waals surface area contributed by atoms with Crippen molar-refractivity contribution in [3.05, 3.63) is 35.5 Å². The Morgan fingerprint density at radius 1 is 1.11 bits per heavy atom. The number of allylic oxidation sites excluding steroid dienone is 3. The average molecular weight is 503 g/mol. The van der Waals surface area contributed by atoms with Crippen molar-refractivity contribution in [1.82, 2.24) is 0 Å². The molecule has 0 radical (unpaired) electrons. The van der Waals surface area contributed by atoms with Gasteiger partial charge in [0.2, 0.25) is 0 Å². The van der Waals surface area contributed by atoms with Gasteiger partial charge in [0, 0.05) is 13.8 Å². The second kappa shape index (κ2) is 11.6. The Labute approximate surface area is 217 Å². The van der Waals surface area contributed by atoms with Crippen molar-refractivity contribution in [3.8, 4) is 0 Å². The van der Waals surface area contributed by atoms with E-state index < -0.39 is 17.7 Å². The van der Waals surface area contributed by atoms with Gasteiger partial charge in [-0.05, 0) is 112 Å². The fourth-order valence-electron chi connectivity index (χ4n) is 7.32. The number of halogens is 1. The minimum absolute atomic E-state index is 0.195. The van der Waals surface area contributed by atoms with Gasteiger partial charge in [0.25, 0.3) is 0 Å². The van der Waals surface area contributed by atoms with E-state index >= 15 is 0 Å². The van der Waals surface area contributed by atoms with Crippen LogP contribution in [0.15, 0.2) is 35.5 Å². The normalized spacial score (nSPS) is 32.8. The number of fused-ring (bicyclic) bond motifs is 1. The maximum absolute atomic E-state index is 14.7. The Bertz CT molecular complexity index is 895. The van der Waals surface area contributed by atoms with Crippen LogP contribution in [0.1, 0.15) is 106 Å².